The van der Waals surface area contributed by atoms with Crippen molar-refractivity contribution in [3.8, 4) is 22.7 Å². The molecule has 4 heterocycles. The third kappa shape index (κ3) is 3.63. The van der Waals surface area contributed by atoms with E-state index in [-0.39, 0.29) is 11.3 Å². The molecule has 0 amide bonds. The number of alkyl halides is 1. The fourth-order valence-electron chi connectivity index (χ4n) is 5.12. The number of hydrogen-bond acceptors (Lipinski definition) is 5. The molecule has 2 aliphatic rings. The Labute approximate surface area is 180 Å². The maximum Gasteiger partial charge on any atom is 0.139 e. The van der Waals surface area contributed by atoms with Crippen molar-refractivity contribution >= 4 is 6.08 Å². The molecule has 0 radical (unpaired) electrons. The lowest BCUT2D eigenvalue weighted by Gasteiger charge is -2.53. The SMILES string of the molecule is C[C@]12CCC[C@](C)(N1)[C@H](F)/C(=C/c1ccc(-c3ccc(-n4ccnc4)cc3O)nn1)C2. The van der Waals surface area contributed by atoms with Gasteiger partial charge in [0.1, 0.15) is 11.9 Å². The number of hydrogen-bond donors (Lipinski definition) is 2. The second kappa shape index (κ2) is 7.27. The van der Waals surface area contributed by atoms with Gasteiger partial charge in [0.15, 0.2) is 0 Å². The van der Waals surface area contributed by atoms with Gasteiger partial charge in [0.2, 0.25) is 0 Å². The molecular weight excluding hydrogens is 393 g/mol. The average Bonchev–Trinajstić information content (AvgIpc) is 3.27. The van der Waals surface area contributed by atoms with Crippen molar-refractivity contribution in [3.05, 3.63) is 60.3 Å². The molecule has 2 bridgehead atoms. The molecule has 5 rings (SSSR count). The maximum atomic E-state index is 15.3. The van der Waals surface area contributed by atoms with Crippen molar-refractivity contribution in [1.29, 1.82) is 0 Å². The van der Waals surface area contributed by atoms with Gasteiger partial charge in [-0.1, -0.05) is 0 Å². The number of rotatable bonds is 3. The average molecular weight is 420 g/mol. The monoisotopic (exact) mass is 419 g/mol. The van der Waals surface area contributed by atoms with Crippen LogP contribution in [-0.2, 0) is 0 Å². The predicted molar refractivity (Wildman–Crippen MR) is 118 cm³/mol. The number of halogens is 1. The number of nitrogens with one attached hydrogen (secondary N) is 1. The van der Waals surface area contributed by atoms with Gasteiger partial charge in [-0.25, -0.2) is 9.37 Å². The highest BCUT2D eigenvalue weighted by molar-refractivity contribution is 5.69. The van der Waals surface area contributed by atoms with Gasteiger partial charge in [0, 0.05) is 29.6 Å². The zero-order chi connectivity index (χ0) is 21.6. The molecule has 0 aliphatic carbocycles. The number of aromatic nitrogens is 4. The molecule has 160 valence electrons. The van der Waals surface area contributed by atoms with Crippen LogP contribution in [0.25, 0.3) is 23.0 Å². The Bertz CT molecular complexity index is 1130. The number of benzene rings is 1. The van der Waals surface area contributed by atoms with Crippen LogP contribution in [0.3, 0.4) is 0 Å². The Kier molecular flexibility index (Phi) is 4.66. The molecule has 3 atom stereocenters. The zero-order valence-electron chi connectivity index (χ0n) is 17.7. The van der Waals surface area contributed by atoms with Crippen LogP contribution in [0.2, 0.25) is 0 Å². The zero-order valence-corrected chi connectivity index (χ0v) is 17.7. The van der Waals surface area contributed by atoms with E-state index in [0.29, 0.717) is 23.4 Å². The predicted octanol–water partition coefficient (Wildman–Crippen LogP) is 4.45. The number of fused-ring (bicyclic) bond motifs is 2. The third-order valence-electron chi connectivity index (χ3n) is 6.57. The largest absolute Gasteiger partial charge is 0.507 e. The molecular formula is C24H26FN5O. The van der Waals surface area contributed by atoms with E-state index >= 15 is 4.39 Å². The Morgan fingerprint density at radius 1 is 1.19 bits per heavy atom. The third-order valence-corrected chi connectivity index (χ3v) is 6.57. The molecule has 2 aromatic heterocycles. The van der Waals surface area contributed by atoms with Crippen molar-refractivity contribution in [3.63, 3.8) is 0 Å². The van der Waals surface area contributed by atoms with Gasteiger partial charge in [-0.05, 0) is 75.4 Å². The number of aromatic hydroxyl groups is 1. The summed E-state index contributed by atoms with van der Waals surface area (Å²) in [7, 11) is 0. The minimum atomic E-state index is -1.04. The highest BCUT2D eigenvalue weighted by Crippen LogP contribution is 2.44. The van der Waals surface area contributed by atoms with Crippen LogP contribution in [0.5, 0.6) is 5.75 Å². The molecule has 0 spiro atoms. The molecule has 2 fully saturated rings. The Balaban J connectivity index is 1.40. The standard InChI is InChI=1S/C24H26FN5O/c1-23-8-3-9-24(2,29-23)22(25)16(14-23)12-17-4-7-20(28-27-17)19-6-5-18(13-21(19)31)30-11-10-26-15-30/h4-7,10-13,15,22,29,31H,3,8-9,14H2,1-2H3/b16-12+/t22-,23-,24+/m1/s1. The topological polar surface area (TPSA) is 75.9 Å². The van der Waals surface area contributed by atoms with Crippen LogP contribution in [-0.4, -0.2) is 42.1 Å². The van der Waals surface area contributed by atoms with Gasteiger partial charge in [-0.15, -0.1) is 5.10 Å². The summed E-state index contributed by atoms with van der Waals surface area (Å²) in [5.41, 5.74) is 2.77. The molecule has 1 aromatic carbocycles. The van der Waals surface area contributed by atoms with Crippen LogP contribution in [0.4, 0.5) is 4.39 Å². The fourth-order valence-corrected chi connectivity index (χ4v) is 5.12. The molecule has 2 aliphatic heterocycles. The lowest BCUT2D eigenvalue weighted by Crippen LogP contribution is -2.66. The molecule has 2 saturated heterocycles. The summed E-state index contributed by atoms with van der Waals surface area (Å²) in [5.74, 6) is 0.113. The molecule has 2 N–H and O–H groups in total. The summed E-state index contributed by atoms with van der Waals surface area (Å²) in [6, 6.07) is 8.99. The summed E-state index contributed by atoms with van der Waals surface area (Å²) in [6.07, 6.45) is 9.56. The van der Waals surface area contributed by atoms with E-state index in [1.54, 1.807) is 24.7 Å². The number of nitrogens with zero attached hydrogens (tertiary/aromatic N) is 4. The molecule has 0 saturated carbocycles. The van der Waals surface area contributed by atoms with Gasteiger partial charge in [0.05, 0.1) is 28.9 Å². The first-order chi connectivity index (χ1) is 14.9. The first-order valence-electron chi connectivity index (χ1n) is 10.6. The smallest absolute Gasteiger partial charge is 0.139 e. The highest BCUT2D eigenvalue weighted by Gasteiger charge is 2.50. The van der Waals surface area contributed by atoms with Crippen LogP contribution in [0, 0.1) is 0 Å². The van der Waals surface area contributed by atoms with Gasteiger partial charge >= 0.3 is 0 Å². The van der Waals surface area contributed by atoms with Crippen LogP contribution < -0.4 is 5.32 Å². The number of imidazole rings is 1. The Morgan fingerprint density at radius 2 is 2.06 bits per heavy atom. The minimum absolute atomic E-state index is 0.0719. The second-order valence-electron chi connectivity index (χ2n) is 9.23. The Hall–Kier alpha value is -3.06. The van der Waals surface area contributed by atoms with Gasteiger partial charge < -0.3 is 15.0 Å². The maximum absolute atomic E-state index is 15.3. The van der Waals surface area contributed by atoms with Crippen LogP contribution in [0.1, 0.15) is 45.2 Å². The van der Waals surface area contributed by atoms with Crippen molar-refractivity contribution in [2.24, 2.45) is 0 Å². The summed E-state index contributed by atoms with van der Waals surface area (Å²) >= 11 is 0. The highest BCUT2D eigenvalue weighted by atomic mass is 19.1. The van der Waals surface area contributed by atoms with Gasteiger partial charge in [-0.3, -0.25) is 0 Å². The van der Waals surface area contributed by atoms with Gasteiger partial charge in [0.25, 0.3) is 0 Å². The lowest BCUT2D eigenvalue weighted by molar-refractivity contribution is 0.0555. The van der Waals surface area contributed by atoms with Crippen LogP contribution in [0.15, 0.2) is 54.6 Å². The number of piperidine rings is 2. The van der Waals surface area contributed by atoms with Gasteiger partial charge in [-0.2, -0.15) is 5.10 Å². The Morgan fingerprint density at radius 3 is 2.77 bits per heavy atom. The lowest BCUT2D eigenvalue weighted by atomic mass is 9.68. The minimum Gasteiger partial charge on any atom is -0.507 e. The van der Waals surface area contributed by atoms with E-state index in [2.05, 4.69) is 27.4 Å². The molecule has 3 aromatic rings. The quantitative estimate of drug-likeness (QED) is 0.656. The summed E-state index contributed by atoms with van der Waals surface area (Å²) in [6.45, 7) is 4.15. The number of phenolic OH excluding ortho intramolecular Hbond substituents is 1. The molecule has 0 unspecified atom stereocenters. The van der Waals surface area contributed by atoms with Crippen molar-refractivity contribution in [1.82, 2.24) is 25.1 Å². The van der Waals surface area contributed by atoms with E-state index in [0.717, 1.165) is 30.5 Å². The fraction of sp³-hybridized carbons (Fsp3) is 0.375. The van der Waals surface area contributed by atoms with E-state index in [1.807, 2.05) is 42.0 Å². The van der Waals surface area contributed by atoms with E-state index in [9.17, 15) is 5.11 Å². The van der Waals surface area contributed by atoms with Crippen molar-refractivity contribution < 1.29 is 9.50 Å². The molecule has 6 nitrogen and oxygen atoms in total. The van der Waals surface area contributed by atoms with Crippen molar-refractivity contribution in [2.75, 3.05) is 0 Å². The second-order valence-corrected chi connectivity index (χ2v) is 9.23. The molecule has 7 heteroatoms. The summed E-state index contributed by atoms with van der Waals surface area (Å²) < 4.78 is 17.1. The van der Waals surface area contributed by atoms with Crippen molar-refractivity contribution in [2.45, 2.75) is 56.8 Å². The summed E-state index contributed by atoms with van der Waals surface area (Å²) in [4.78, 5) is 4.02. The molecule has 31 heavy (non-hydrogen) atoms. The first kappa shape index (κ1) is 19.9. The van der Waals surface area contributed by atoms with E-state index in [4.69, 9.17) is 0 Å². The number of phenols is 1. The van der Waals surface area contributed by atoms with E-state index in [1.165, 1.54) is 0 Å². The normalized spacial score (nSPS) is 29.3. The summed E-state index contributed by atoms with van der Waals surface area (Å²) in [5, 5.41) is 22.6. The van der Waals surface area contributed by atoms with E-state index < -0.39 is 11.7 Å². The first-order valence-corrected chi connectivity index (χ1v) is 10.6. The van der Waals surface area contributed by atoms with Crippen LogP contribution >= 0.6 is 0 Å².